The first kappa shape index (κ1) is 21.1. The molecule has 2 aliphatic rings. The monoisotopic (exact) mass is 447 g/mol. The number of hydrogen-bond acceptors (Lipinski definition) is 6. The highest BCUT2D eigenvalue weighted by atomic mass is 32.2. The Morgan fingerprint density at radius 3 is 2.41 bits per heavy atom. The SMILES string of the molecule is Fc1ccc(C(c2ccccc2)N2CCN(c3nccc(/C=C4/CNCS4)n3)CC2)cc1. The first-order valence-corrected chi connectivity index (χ1v) is 11.9. The van der Waals surface area contributed by atoms with E-state index in [1.807, 2.05) is 42.2 Å². The van der Waals surface area contributed by atoms with Gasteiger partial charge >= 0.3 is 0 Å². The van der Waals surface area contributed by atoms with Crippen LogP contribution in [0.15, 0.2) is 71.8 Å². The molecule has 0 radical (unpaired) electrons. The van der Waals surface area contributed by atoms with Crippen molar-refractivity contribution in [1.29, 1.82) is 0 Å². The zero-order valence-electron chi connectivity index (χ0n) is 17.8. The molecule has 2 fully saturated rings. The normalized spacial score (nSPS) is 19.4. The predicted octanol–water partition coefficient (Wildman–Crippen LogP) is 4.16. The minimum Gasteiger partial charge on any atom is -0.338 e. The maximum atomic E-state index is 13.6. The molecule has 2 aliphatic heterocycles. The number of rotatable bonds is 5. The van der Waals surface area contributed by atoms with Crippen molar-refractivity contribution in [2.45, 2.75) is 6.04 Å². The molecule has 1 aromatic heterocycles. The lowest BCUT2D eigenvalue weighted by Gasteiger charge is -2.39. The van der Waals surface area contributed by atoms with Crippen LogP contribution in [0.5, 0.6) is 0 Å². The Labute approximate surface area is 192 Å². The lowest BCUT2D eigenvalue weighted by atomic mass is 9.96. The lowest BCUT2D eigenvalue weighted by molar-refractivity contribution is 0.211. The third-order valence-corrected chi connectivity index (χ3v) is 6.88. The maximum Gasteiger partial charge on any atom is 0.225 e. The van der Waals surface area contributed by atoms with Crippen molar-refractivity contribution < 1.29 is 4.39 Å². The van der Waals surface area contributed by atoms with Crippen LogP contribution in [0.1, 0.15) is 22.9 Å². The van der Waals surface area contributed by atoms with E-state index in [9.17, 15) is 4.39 Å². The molecule has 7 heteroatoms. The number of aromatic nitrogens is 2. The van der Waals surface area contributed by atoms with Crippen molar-refractivity contribution in [3.05, 3.63) is 94.4 Å². The molecule has 0 aliphatic carbocycles. The molecule has 0 spiro atoms. The lowest BCUT2D eigenvalue weighted by Crippen LogP contribution is -2.48. The Morgan fingerprint density at radius 1 is 0.938 bits per heavy atom. The van der Waals surface area contributed by atoms with Crippen LogP contribution in [0.3, 0.4) is 0 Å². The standard InChI is InChI=1S/C25H26FN5S/c26-21-8-6-20(7-9-21)24(19-4-2-1-3-5-19)30-12-14-31(15-13-30)25-28-11-10-22(29-25)16-23-17-27-18-32-23/h1-11,16,24,27H,12-15,17-18H2/b23-16-. The molecular weight excluding hydrogens is 421 g/mol. The van der Waals surface area contributed by atoms with E-state index in [1.54, 1.807) is 12.1 Å². The van der Waals surface area contributed by atoms with Crippen molar-refractivity contribution in [3.8, 4) is 0 Å². The number of nitrogens with zero attached hydrogens (tertiary/aromatic N) is 4. The zero-order chi connectivity index (χ0) is 21.8. The van der Waals surface area contributed by atoms with E-state index in [1.165, 1.54) is 10.5 Å². The average molecular weight is 448 g/mol. The second-order valence-corrected chi connectivity index (χ2v) is 9.10. The average Bonchev–Trinajstić information content (AvgIpc) is 3.35. The molecule has 1 N–H and O–H groups in total. The van der Waals surface area contributed by atoms with Gasteiger partial charge in [0.2, 0.25) is 5.95 Å². The second-order valence-electron chi connectivity index (χ2n) is 8.00. The highest BCUT2D eigenvalue weighted by Gasteiger charge is 2.27. The van der Waals surface area contributed by atoms with E-state index in [0.29, 0.717) is 0 Å². The largest absolute Gasteiger partial charge is 0.338 e. The quantitative estimate of drug-likeness (QED) is 0.634. The fourth-order valence-corrected chi connectivity index (χ4v) is 5.09. The van der Waals surface area contributed by atoms with E-state index in [2.05, 4.69) is 50.4 Å². The summed E-state index contributed by atoms with van der Waals surface area (Å²) in [5.74, 6) is 1.54. The van der Waals surface area contributed by atoms with Gasteiger partial charge < -0.3 is 10.2 Å². The van der Waals surface area contributed by atoms with Gasteiger partial charge in [0.1, 0.15) is 5.82 Å². The van der Waals surface area contributed by atoms with E-state index in [-0.39, 0.29) is 11.9 Å². The van der Waals surface area contributed by atoms with Gasteiger partial charge in [-0.25, -0.2) is 14.4 Å². The summed E-state index contributed by atoms with van der Waals surface area (Å²) in [6, 6.07) is 19.4. The number of thioether (sulfide) groups is 1. The predicted molar refractivity (Wildman–Crippen MR) is 129 cm³/mol. The van der Waals surface area contributed by atoms with Gasteiger partial charge in [-0.05, 0) is 35.4 Å². The van der Waals surface area contributed by atoms with Crippen LogP contribution in [0, 0.1) is 5.82 Å². The molecule has 1 atom stereocenters. The molecule has 0 amide bonds. The summed E-state index contributed by atoms with van der Waals surface area (Å²) in [5, 5.41) is 3.33. The molecule has 3 aromatic rings. The Kier molecular flexibility index (Phi) is 6.48. The van der Waals surface area contributed by atoms with Crippen molar-refractivity contribution in [3.63, 3.8) is 0 Å². The molecule has 32 heavy (non-hydrogen) atoms. The van der Waals surface area contributed by atoms with Gasteiger partial charge in [0.25, 0.3) is 0 Å². The smallest absolute Gasteiger partial charge is 0.225 e. The van der Waals surface area contributed by atoms with Crippen LogP contribution in [-0.2, 0) is 0 Å². The molecule has 5 rings (SSSR count). The van der Waals surface area contributed by atoms with Crippen LogP contribution >= 0.6 is 11.8 Å². The van der Waals surface area contributed by atoms with Crippen LogP contribution in [0.4, 0.5) is 10.3 Å². The maximum absolute atomic E-state index is 13.6. The number of halogens is 1. The summed E-state index contributed by atoms with van der Waals surface area (Å²) >= 11 is 1.82. The van der Waals surface area contributed by atoms with E-state index in [0.717, 1.165) is 55.8 Å². The Morgan fingerprint density at radius 2 is 1.69 bits per heavy atom. The minimum atomic E-state index is -0.204. The van der Waals surface area contributed by atoms with Crippen LogP contribution in [0.2, 0.25) is 0 Å². The summed E-state index contributed by atoms with van der Waals surface area (Å²) in [7, 11) is 0. The molecular formula is C25H26FN5S. The fraction of sp³-hybridized carbons (Fsp3) is 0.280. The molecule has 0 saturated carbocycles. The summed E-state index contributed by atoms with van der Waals surface area (Å²) in [4.78, 5) is 15.4. The van der Waals surface area contributed by atoms with E-state index in [4.69, 9.17) is 4.98 Å². The van der Waals surface area contributed by atoms with Crippen molar-refractivity contribution in [1.82, 2.24) is 20.2 Å². The molecule has 2 aromatic carbocycles. The number of piperazine rings is 1. The van der Waals surface area contributed by atoms with E-state index >= 15 is 0 Å². The van der Waals surface area contributed by atoms with Crippen LogP contribution in [0.25, 0.3) is 6.08 Å². The summed E-state index contributed by atoms with van der Waals surface area (Å²) in [5.41, 5.74) is 3.29. The van der Waals surface area contributed by atoms with Gasteiger partial charge in [-0.1, -0.05) is 42.5 Å². The fourth-order valence-electron chi connectivity index (χ4n) is 4.30. The number of benzene rings is 2. The Hall–Kier alpha value is -2.74. The zero-order valence-corrected chi connectivity index (χ0v) is 18.6. The highest BCUT2D eigenvalue weighted by Crippen LogP contribution is 2.30. The van der Waals surface area contributed by atoms with Gasteiger partial charge in [0, 0.05) is 49.7 Å². The number of hydrogen-bond donors (Lipinski definition) is 1. The summed E-state index contributed by atoms with van der Waals surface area (Å²) in [6.45, 7) is 4.37. The first-order valence-electron chi connectivity index (χ1n) is 10.9. The third kappa shape index (κ3) is 4.85. The Bertz CT molecular complexity index is 1060. The molecule has 5 nitrogen and oxygen atoms in total. The van der Waals surface area contributed by atoms with Crippen molar-refractivity contribution in [2.75, 3.05) is 43.5 Å². The van der Waals surface area contributed by atoms with E-state index < -0.39 is 0 Å². The number of nitrogens with one attached hydrogen (secondary N) is 1. The van der Waals surface area contributed by atoms with Gasteiger partial charge in [-0.15, -0.1) is 11.8 Å². The minimum absolute atomic E-state index is 0.0998. The summed E-state index contributed by atoms with van der Waals surface area (Å²) < 4.78 is 13.6. The molecule has 3 heterocycles. The van der Waals surface area contributed by atoms with Gasteiger partial charge in [0.05, 0.1) is 11.7 Å². The molecule has 2 saturated heterocycles. The number of anilines is 1. The van der Waals surface area contributed by atoms with Crippen molar-refractivity contribution in [2.24, 2.45) is 0 Å². The highest BCUT2D eigenvalue weighted by molar-refractivity contribution is 8.03. The van der Waals surface area contributed by atoms with Gasteiger partial charge in [0.15, 0.2) is 0 Å². The first-order chi connectivity index (χ1) is 15.8. The second kappa shape index (κ2) is 9.81. The van der Waals surface area contributed by atoms with Crippen molar-refractivity contribution >= 4 is 23.8 Å². The molecule has 1 unspecified atom stereocenters. The molecule has 164 valence electrons. The topological polar surface area (TPSA) is 44.3 Å². The Balaban J connectivity index is 1.32. The van der Waals surface area contributed by atoms with Crippen LogP contribution in [-0.4, -0.2) is 53.5 Å². The molecule has 0 bridgehead atoms. The van der Waals surface area contributed by atoms with Crippen LogP contribution < -0.4 is 10.2 Å². The third-order valence-electron chi connectivity index (χ3n) is 5.90. The summed E-state index contributed by atoms with van der Waals surface area (Å²) in [6.07, 6.45) is 3.99. The van der Waals surface area contributed by atoms with Gasteiger partial charge in [-0.3, -0.25) is 4.90 Å². The van der Waals surface area contributed by atoms with Gasteiger partial charge in [-0.2, -0.15) is 0 Å².